The Balaban J connectivity index is 1.72. The second kappa shape index (κ2) is 12.7. The first-order valence-corrected chi connectivity index (χ1v) is 17.5. The van der Waals surface area contributed by atoms with Gasteiger partial charge in [0.1, 0.15) is 0 Å². The summed E-state index contributed by atoms with van der Waals surface area (Å²) in [4.78, 5) is 6.03. The highest BCUT2D eigenvalue weighted by Crippen LogP contribution is 2.67. The third-order valence-electron chi connectivity index (χ3n) is 9.33. The maximum absolute atomic E-state index is 16.0. The summed E-state index contributed by atoms with van der Waals surface area (Å²) in [5, 5.41) is 0. The van der Waals surface area contributed by atoms with Gasteiger partial charge in [0.2, 0.25) is 0 Å². The van der Waals surface area contributed by atoms with Crippen molar-refractivity contribution in [3.63, 3.8) is 0 Å². The summed E-state index contributed by atoms with van der Waals surface area (Å²) < 4.78 is 94.7. The van der Waals surface area contributed by atoms with Crippen molar-refractivity contribution in [1.29, 1.82) is 0 Å². The molecule has 0 saturated heterocycles. The van der Waals surface area contributed by atoms with Crippen molar-refractivity contribution >= 4 is 45.2 Å². The van der Waals surface area contributed by atoms with E-state index in [1.54, 1.807) is 13.8 Å². The van der Waals surface area contributed by atoms with E-state index >= 15 is 26.3 Å². The van der Waals surface area contributed by atoms with Crippen molar-refractivity contribution < 1.29 is 26.3 Å². The smallest absolute Gasteiger partial charge is 0.372 e. The number of alkyl halides is 6. The van der Waals surface area contributed by atoms with Gasteiger partial charge in [-0.15, -0.1) is 22.7 Å². The molecule has 1 aliphatic rings. The largest absolute Gasteiger partial charge is 0.380 e. The van der Waals surface area contributed by atoms with E-state index in [0.29, 0.717) is 20.9 Å². The Morgan fingerprint density at radius 1 is 0.511 bits per heavy atom. The van der Waals surface area contributed by atoms with Crippen LogP contribution in [-0.2, 0) is 0 Å². The van der Waals surface area contributed by atoms with E-state index < -0.39 is 28.9 Å². The molecule has 0 amide bonds. The van der Waals surface area contributed by atoms with Crippen LogP contribution in [0.4, 0.5) is 37.7 Å². The molecule has 0 bridgehead atoms. The van der Waals surface area contributed by atoms with E-state index in [2.05, 4.69) is 9.80 Å². The standard InChI is InChI=1S/C37H40F6N2S2/c1-9-44(10-2)27-17-13-25(14-18-27)33-21(5)29(23(7)46-33)31-32(36(40,41)37(42,43)35(31,38)39)30-22(6)34(47-24(30)8)26-15-19-28(20-16-26)45(11-3)12-4/h13-20H,9-12H2,1-8H3. The number of hydrogen-bond acceptors (Lipinski definition) is 4. The van der Waals surface area contributed by atoms with Crippen molar-refractivity contribution in [2.24, 2.45) is 0 Å². The van der Waals surface area contributed by atoms with Crippen LogP contribution in [0.1, 0.15) is 59.7 Å². The van der Waals surface area contributed by atoms with Gasteiger partial charge in [-0.3, -0.25) is 0 Å². The first-order valence-electron chi connectivity index (χ1n) is 15.9. The van der Waals surface area contributed by atoms with Crippen LogP contribution in [0.5, 0.6) is 0 Å². The molecule has 5 rings (SSSR count). The maximum atomic E-state index is 16.0. The molecule has 2 aromatic carbocycles. The topological polar surface area (TPSA) is 6.48 Å². The first-order chi connectivity index (χ1) is 22.1. The third-order valence-corrected chi connectivity index (χ3v) is 11.8. The Kier molecular flexibility index (Phi) is 9.45. The summed E-state index contributed by atoms with van der Waals surface area (Å²) in [5.74, 6) is -15.8. The van der Waals surface area contributed by atoms with Crippen LogP contribution in [0, 0.1) is 27.7 Å². The minimum atomic E-state index is -5.62. The van der Waals surface area contributed by atoms with Crippen molar-refractivity contribution in [3.8, 4) is 20.9 Å². The van der Waals surface area contributed by atoms with E-state index in [1.165, 1.54) is 13.8 Å². The number of aryl methyl sites for hydroxylation is 2. The molecule has 1 aliphatic carbocycles. The van der Waals surface area contributed by atoms with Gasteiger partial charge < -0.3 is 9.80 Å². The zero-order valence-electron chi connectivity index (χ0n) is 27.9. The van der Waals surface area contributed by atoms with E-state index in [-0.39, 0.29) is 32.0 Å². The summed E-state index contributed by atoms with van der Waals surface area (Å²) in [6.45, 7) is 17.5. The Labute approximate surface area is 281 Å². The molecule has 2 aromatic heterocycles. The summed E-state index contributed by atoms with van der Waals surface area (Å²) in [6, 6.07) is 15.1. The molecule has 0 unspecified atom stereocenters. The molecule has 2 nitrogen and oxygen atoms in total. The molecule has 4 aromatic rings. The lowest BCUT2D eigenvalue weighted by atomic mass is 9.90. The number of rotatable bonds is 10. The molecule has 47 heavy (non-hydrogen) atoms. The fourth-order valence-electron chi connectivity index (χ4n) is 6.81. The lowest BCUT2D eigenvalue weighted by Gasteiger charge is -2.26. The van der Waals surface area contributed by atoms with E-state index in [4.69, 9.17) is 0 Å². The van der Waals surface area contributed by atoms with Crippen LogP contribution in [0.3, 0.4) is 0 Å². The predicted octanol–water partition coefficient (Wildman–Crippen LogP) is 11.9. The van der Waals surface area contributed by atoms with Gasteiger partial charge in [-0.05, 0) is 102 Å². The molecule has 0 aliphatic heterocycles. The molecule has 0 radical (unpaired) electrons. The van der Waals surface area contributed by atoms with Crippen molar-refractivity contribution in [3.05, 3.63) is 80.5 Å². The molecule has 0 atom stereocenters. The van der Waals surface area contributed by atoms with Gasteiger partial charge in [0, 0.05) is 79.3 Å². The Bertz CT molecular complexity index is 1660. The SMILES string of the molecule is CCN(CC)c1ccc(-c2sc(C)c(C3=C(c4c(C)sc(-c5ccc(N(CC)CC)cc5)c4C)C(F)(F)C(F)(F)C3(F)F)c2C)cc1. The fraction of sp³-hybridized carbons (Fsp3) is 0.405. The third kappa shape index (κ3) is 5.39. The number of halogens is 6. The number of benzene rings is 2. The maximum Gasteiger partial charge on any atom is 0.380 e. The molecule has 252 valence electrons. The Morgan fingerprint density at radius 3 is 1.09 bits per heavy atom. The van der Waals surface area contributed by atoms with Gasteiger partial charge in [-0.2, -0.15) is 26.3 Å². The monoisotopic (exact) mass is 690 g/mol. The average molecular weight is 691 g/mol. The second-order valence-electron chi connectivity index (χ2n) is 11.9. The molecule has 10 heteroatoms. The van der Waals surface area contributed by atoms with Crippen molar-refractivity contribution in [2.75, 3.05) is 36.0 Å². The first kappa shape index (κ1) is 35.1. The quantitative estimate of drug-likeness (QED) is 0.153. The summed E-state index contributed by atoms with van der Waals surface area (Å²) >= 11 is 2.30. The molecular weight excluding hydrogens is 651 g/mol. The van der Waals surface area contributed by atoms with Crippen molar-refractivity contribution in [1.82, 2.24) is 0 Å². The lowest BCUT2D eigenvalue weighted by molar-refractivity contribution is -0.254. The Hall–Kier alpha value is -3.24. The van der Waals surface area contributed by atoms with Crippen LogP contribution < -0.4 is 9.80 Å². The Morgan fingerprint density at radius 2 is 0.809 bits per heavy atom. The van der Waals surface area contributed by atoms with Gasteiger partial charge in [0.25, 0.3) is 0 Å². The van der Waals surface area contributed by atoms with Crippen LogP contribution in [0.25, 0.3) is 32.0 Å². The molecule has 0 saturated carbocycles. The lowest BCUT2D eigenvalue weighted by Crippen LogP contribution is -2.49. The highest BCUT2D eigenvalue weighted by molar-refractivity contribution is 7.16. The molecule has 0 spiro atoms. The van der Waals surface area contributed by atoms with Gasteiger partial charge in [0.05, 0.1) is 0 Å². The summed E-state index contributed by atoms with van der Waals surface area (Å²) in [5.41, 5.74) is 0.917. The van der Waals surface area contributed by atoms with Crippen LogP contribution >= 0.6 is 22.7 Å². The predicted molar refractivity (Wildman–Crippen MR) is 187 cm³/mol. The second-order valence-corrected chi connectivity index (χ2v) is 14.3. The normalized spacial score (nSPS) is 16.6. The molecular formula is C37H40F6N2S2. The highest BCUT2D eigenvalue weighted by Gasteiger charge is 2.80. The highest BCUT2D eigenvalue weighted by atomic mass is 32.1. The number of nitrogens with zero attached hydrogens (tertiary/aromatic N) is 2. The average Bonchev–Trinajstić information content (AvgIpc) is 3.53. The van der Waals surface area contributed by atoms with E-state index in [0.717, 1.165) is 60.2 Å². The number of thiophene rings is 2. The summed E-state index contributed by atoms with van der Waals surface area (Å²) in [7, 11) is 0. The van der Waals surface area contributed by atoms with Gasteiger partial charge in [0.15, 0.2) is 0 Å². The summed E-state index contributed by atoms with van der Waals surface area (Å²) in [6.07, 6.45) is 0. The van der Waals surface area contributed by atoms with Gasteiger partial charge in [-0.1, -0.05) is 24.3 Å². The number of anilines is 2. The van der Waals surface area contributed by atoms with E-state index in [9.17, 15) is 0 Å². The van der Waals surface area contributed by atoms with Crippen molar-refractivity contribution in [2.45, 2.75) is 73.2 Å². The van der Waals surface area contributed by atoms with E-state index in [1.807, 2.05) is 76.2 Å². The molecule has 2 heterocycles. The fourth-order valence-corrected chi connectivity index (χ4v) is 9.15. The number of hydrogen-bond donors (Lipinski definition) is 0. The van der Waals surface area contributed by atoms with Gasteiger partial charge >= 0.3 is 17.8 Å². The van der Waals surface area contributed by atoms with Gasteiger partial charge in [-0.25, -0.2) is 0 Å². The van der Waals surface area contributed by atoms with Crippen LogP contribution in [0.2, 0.25) is 0 Å². The molecule has 0 fully saturated rings. The minimum Gasteiger partial charge on any atom is -0.372 e. The zero-order valence-corrected chi connectivity index (χ0v) is 29.6. The molecule has 0 N–H and O–H groups in total. The zero-order chi connectivity index (χ0) is 34.6. The van der Waals surface area contributed by atoms with Crippen LogP contribution in [-0.4, -0.2) is 43.9 Å². The minimum absolute atomic E-state index is 0.232. The number of allylic oxidation sites excluding steroid dienone is 2. The van der Waals surface area contributed by atoms with Crippen LogP contribution in [0.15, 0.2) is 48.5 Å².